The fraction of sp³-hybridized carbons (Fsp3) is 0.583. The second-order valence-corrected chi connectivity index (χ2v) is 4.63. The SMILES string of the molecule is CCn1nc(C(=O)NCC2(O)CCC2)ccc1=O. The molecule has 1 heterocycles. The minimum Gasteiger partial charge on any atom is -0.388 e. The molecule has 0 saturated heterocycles. The van der Waals surface area contributed by atoms with Crippen LogP contribution in [0.1, 0.15) is 36.7 Å². The van der Waals surface area contributed by atoms with Crippen LogP contribution in [0, 0.1) is 0 Å². The Kier molecular flexibility index (Phi) is 3.47. The Balaban J connectivity index is 2.02. The van der Waals surface area contributed by atoms with Crippen molar-refractivity contribution in [2.24, 2.45) is 0 Å². The van der Waals surface area contributed by atoms with Gasteiger partial charge in [-0.05, 0) is 32.3 Å². The molecule has 1 aromatic rings. The Morgan fingerprint density at radius 1 is 1.56 bits per heavy atom. The van der Waals surface area contributed by atoms with Gasteiger partial charge in [-0.1, -0.05) is 0 Å². The van der Waals surface area contributed by atoms with Gasteiger partial charge in [-0.15, -0.1) is 0 Å². The van der Waals surface area contributed by atoms with E-state index in [0.29, 0.717) is 6.54 Å². The van der Waals surface area contributed by atoms with Crippen LogP contribution in [-0.4, -0.2) is 32.9 Å². The normalized spacial score (nSPS) is 17.0. The molecule has 1 aliphatic rings. The molecular weight excluding hydrogens is 234 g/mol. The van der Waals surface area contributed by atoms with Gasteiger partial charge < -0.3 is 10.4 Å². The molecule has 0 bridgehead atoms. The maximum absolute atomic E-state index is 11.8. The summed E-state index contributed by atoms with van der Waals surface area (Å²) in [7, 11) is 0. The fourth-order valence-corrected chi connectivity index (χ4v) is 1.89. The lowest BCUT2D eigenvalue weighted by molar-refractivity contribution is -0.0301. The highest BCUT2D eigenvalue weighted by molar-refractivity contribution is 5.92. The lowest BCUT2D eigenvalue weighted by Crippen LogP contribution is -2.48. The number of nitrogens with one attached hydrogen (secondary N) is 1. The van der Waals surface area contributed by atoms with Gasteiger partial charge in [0.25, 0.3) is 11.5 Å². The van der Waals surface area contributed by atoms with E-state index in [1.165, 1.54) is 16.8 Å². The number of carbonyl (C=O) groups is 1. The van der Waals surface area contributed by atoms with Gasteiger partial charge in [0.1, 0.15) is 5.69 Å². The van der Waals surface area contributed by atoms with E-state index in [1.54, 1.807) is 6.92 Å². The van der Waals surface area contributed by atoms with E-state index in [4.69, 9.17) is 0 Å². The predicted molar refractivity (Wildman–Crippen MR) is 65.3 cm³/mol. The van der Waals surface area contributed by atoms with Gasteiger partial charge in [-0.2, -0.15) is 5.10 Å². The van der Waals surface area contributed by atoms with Gasteiger partial charge in [-0.3, -0.25) is 9.59 Å². The number of nitrogens with zero attached hydrogens (tertiary/aromatic N) is 2. The number of aryl methyl sites for hydroxylation is 1. The first-order valence-electron chi connectivity index (χ1n) is 6.13. The van der Waals surface area contributed by atoms with Crippen molar-refractivity contribution in [1.29, 1.82) is 0 Å². The predicted octanol–water partition coefficient (Wildman–Crippen LogP) is -0.0920. The quantitative estimate of drug-likeness (QED) is 0.783. The van der Waals surface area contributed by atoms with Crippen LogP contribution in [0.2, 0.25) is 0 Å². The van der Waals surface area contributed by atoms with Crippen molar-refractivity contribution < 1.29 is 9.90 Å². The molecule has 1 aromatic heterocycles. The molecule has 98 valence electrons. The summed E-state index contributed by atoms with van der Waals surface area (Å²) in [5.41, 5.74) is -0.791. The zero-order chi connectivity index (χ0) is 13.2. The van der Waals surface area contributed by atoms with Crippen LogP contribution in [0.15, 0.2) is 16.9 Å². The van der Waals surface area contributed by atoms with Crippen molar-refractivity contribution in [2.75, 3.05) is 6.54 Å². The third kappa shape index (κ3) is 2.59. The summed E-state index contributed by atoms with van der Waals surface area (Å²) in [5, 5.41) is 16.5. The Morgan fingerprint density at radius 3 is 2.83 bits per heavy atom. The Labute approximate surface area is 105 Å². The van der Waals surface area contributed by atoms with E-state index >= 15 is 0 Å². The molecule has 1 fully saturated rings. The van der Waals surface area contributed by atoms with E-state index in [9.17, 15) is 14.7 Å². The summed E-state index contributed by atoms with van der Waals surface area (Å²) in [6, 6.07) is 2.72. The lowest BCUT2D eigenvalue weighted by atomic mass is 9.80. The van der Waals surface area contributed by atoms with E-state index in [2.05, 4.69) is 10.4 Å². The third-order valence-electron chi connectivity index (χ3n) is 3.26. The molecule has 1 saturated carbocycles. The monoisotopic (exact) mass is 251 g/mol. The molecule has 2 rings (SSSR count). The number of aliphatic hydroxyl groups is 1. The summed E-state index contributed by atoms with van der Waals surface area (Å²) < 4.78 is 1.23. The molecule has 6 heteroatoms. The van der Waals surface area contributed by atoms with Crippen molar-refractivity contribution in [1.82, 2.24) is 15.1 Å². The molecule has 1 aliphatic carbocycles. The van der Waals surface area contributed by atoms with Crippen molar-refractivity contribution in [3.8, 4) is 0 Å². The highest BCUT2D eigenvalue weighted by Crippen LogP contribution is 2.30. The van der Waals surface area contributed by atoms with Crippen molar-refractivity contribution in [3.63, 3.8) is 0 Å². The van der Waals surface area contributed by atoms with Crippen LogP contribution in [0.4, 0.5) is 0 Å². The van der Waals surface area contributed by atoms with Crippen molar-refractivity contribution >= 4 is 5.91 Å². The molecule has 1 amide bonds. The highest BCUT2D eigenvalue weighted by Gasteiger charge is 2.34. The number of hydrogen-bond donors (Lipinski definition) is 2. The first-order chi connectivity index (χ1) is 8.54. The first kappa shape index (κ1) is 12.8. The Bertz CT molecular complexity index is 506. The summed E-state index contributed by atoms with van der Waals surface area (Å²) in [6.45, 7) is 2.44. The average Bonchev–Trinajstić information content (AvgIpc) is 2.34. The highest BCUT2D eigenvalue weighted by atomic mass is 16.3. The Hall–Kier alpha value is -1.69. The van der Waals surface area contributed by atoms with Gasteiger partial charge in [0.2, 0.25) is 0 Å². The number of amides is 1. The van der Waals surface area contributed by atoms with Gasteiger partial charge >= 0.3 is 0 Å². The van der Waals surface area contributed by atoms with E-state index in [1.807, 2.05) is 0 Å². The summed E-state index contributed by atoms with van der Waals surface area (Å²) in [6.07, 6.45) is 2.43. The average molecular weight is 251 g/mol. The fourth-order valence-electron chi connectivity index (χ4n) is 1.89. The minimum absolute atomic E-state index is 0.194. The molecule has 0 radical (unpaired) electrons. The van der Waals surface area contributed by atoms with Crippen LogP contribution < -0.4 is 10.9 Å². The molecule has 6 nitrogen and oxygen atoms in total. The van der Waals surface area contributed by atoms with Crippen LogP contribution in [0.5, 0.6) is 0 Å². The largest absolute Gasteiger partial charge is 0.388 e. The van der Waals surface area contributed by atoms with Crippen LogP contribution in [0.3, 0.4) is 0 Å². The zero-order valence-corrected chi connectivity index (χ0v) is 10.3. The smallest absolute Gasteiger partial charge is 0.271 e. The molecular formula is C12H17N3O3. The van der Waals surface area contributed by atoms with E-state index in [0.717, 1.165) is 19.3 Å². The molecule has 0 spiro atoms. The van der Waals surface area contributed by atoms with Crippen molar-refractivity contribution in [3.05, 3.63) is 28.2 Å². The third-order valence-corrected chi connectivity index (χ3v) is 3.26. The molecule has 18 heavy (non-hydrogen) atoms. The number of rotatable bonds is 4. The standard InChI is InChI=1S/C12H17N3O3/c1-2-15-10(16)5-4-9(14-15)11(17)13-8-12(18)6-3-7-12/h4-5,18H,2-3,6-8H2,1H3,(H,13,17). The minimum atomic E-state index is -0.755. The lowest BCUT2D eigenvalue weighted by Gasteiger charge is -2.36. The van der Waals surface area contributed by atoms with Crippen molar-refractivity contribution in [2.45, 2.75) is 38.3 Å². The molecule has 2 N–H and O–H groups in total. The zero-order valence-electron chi connectivity index (χ0n) is 10.3. The molecule has 0 aromatic carbocycles. The van der Waals surface area contributed by atoms with Gasteiger partial charge in [0.05, 0.1) is 5.60 Å². The Morgan fingerprint density at radius 2 is 2.28 bits per heavy atom. The molecule has 0 aliphatic heterocycles. The number of aromatic nitrogens is 2. The molecule has 0 atom stereocenters. The topological polar surface area (TPSA) is 84.2 Å². The second-order valence-electron chi connectivity index (χ2n) is 4.63. The van der Waals surface area contributed by atoms with Gasteiger partial charge in [0.15, 0.2) is 0 Å². The maximum atomic E-state index is 11.8. The summed E-state index contributed by atoms with van der Waals surface area (Å²) in [5.74, 6) is -0.363. The van der Waals surface area contributed by atoms with Gasteiger partial charge in [0, 0.05) is 19.2 Å². The van der Waals surface area contributed by atoms with E-state index < -0.39 is 5.60 Å². The van der Waals surface area contributed by atoms with Crippen LogP contribution in [0.25, 0.3) is 0 Å². The maximum Gasteiger partial charge on any atom is 0.271 e. The van der Waals surface area contributed by atoms with Gasteiger partial charge in [-0.25, -0.2) is 4.68 Å². The van der Waals surface area contributed by atoms with Crippen LogP contribution >= 0.6 is 0 Å². The summed E-state index contributed by atoms with van der Waals surface area (Å²) in [4.78, 5) is 23.1. The number of hydrogen-bond acceptors (Lipinski definition) is 4. The number of carbonyl (C=O) groups excluding carboxylic acids is 1. The van der Waals surface area contributed by atoms with Crippen LogP contribution in [-0.2, 0) is 6.54 Å². The summed E-state index contributed by atoms with van der Waals surface area (Å²) >= 11 is 0. The van der Waals surface area contributed by atoms with E-state index in [-0.39, 0.29) is 23.7 Å². The first-order valence-corrected chi connectivity index (χ1v) is 6.13. The second kappa shape index (κ2) is 4.89. The molecule has 0 unspecified atom stereocenters.